The van der Waals surface area contributed by atoms with Crippen LogP contribution in [-0.4, -0.2) is 32.7 Å². The molecule has 0 bridgehead atoms. The first-order valence-electron chi connectivity index (χ1n) is 13.2. The molecule has 3 aromatic carbocycles. The van der Waals surface area contributed by atoms with Crippen molar-refractivity contribution in [3.05, 3.63) is 111 Å². The third-order valence-electron chi connectivity index (χ3n) is 7.42. The number of aromatic nitrogens is 4. The van der Waals surface area contributed by atoms with Gasteiger partial charge in [0.2, 0.25) is 5.88 Å². The molecule has 0 spiro atoms. The summed E-state index contributed by atoms with van der Waals surface area (Å²) in [6, 6.07) is 23.5. The van der Waals surface area contributed by atoms with Crippen LogP contribution in [0.5, 0.6) is 11.6 Å². The van der Waals surface area contributed by atoms with Crippen molar-refractivity contribution in [2.75, 3.05) is 18.0 Å². The van der Waals surface area contributed by atoms with Gasteiger partial charge in [0.05, 0.1) is 22.4 Å². The summed E-state index contributed by atoms with van der Waals surface area (Å²) < 4.78 is 14.8. The Bertz CT molecular complexity index is 1940. The van der Waals surface area contributed by atoms with Gasteiger partial charge >= 0.3 is 5.63 Å². The monoisotopic (exact) mass is 593 g/mol. The molecule has 0 amide bonds. The van der Waals surface area contributed by atoms with Gasteiger partial charge in [-0.3, -0.25) is 0 Å². The van der Waals surface area contributed by atoms with Crippen molar-refractivity contribution in [1.82, 2.24) is 19.6 Å². The molecule has 0 N–H and O–H groups in total. The number of halogens is 1. The van der Waals surface area contributed by atoms with Crippen molar-refractivity contribution in [1.29, 1.82) is 0 Å². The zero-order chi connectivity index (χ0) is 27.4. The second kappa shape index (κ2) is 9.60. The molecule has 0 aliphatic carbocycles. The van der Waals surface area contributed by atoms with Crippen molar-refractivity contribution < 1.29 is 9.15 Å². The van der Waals surface area contributed by atoms with Gasteiger partial charge in [-0.2, -0.15) is 0 Å². The number of rotatable bonds is 5. The average molecular weight is 594 g/mol. The fourth-order valence-electron chi connectivity index (χ4n) is 5.45. The molecule has 0 fully saturated rings. The summed E-state index contributed by atoms with van der Waals surface area (Å²) >= 11 is 3.48. The van der Waals surface area contributed by atoms with E-state index in [4.69, 9.17) is 19.2 Å². The maximum Gasteiger partial charge on any atom is 0.344 e. The number of hydrogen-bond donors (Lipinski definition) is 0. The van der Waals surface area contributed by atoms with Crippen molar-refractivity contribution in [2.24, 2.45) is 0 Å². The lowest BCUT2D eigenvalue weighted by Crippen LogP contribution is -2.23. The summed E-state index contributed by atoms with van der Waals surface area (Å²) in [5, 5.41) is 5.41. The topological polar surface area (TPSA) is 85.8 Å². The summed E-state index contributed by atoms with van der Waals surface area (Å²) in [5.41, 5.74) is 4.56. The Morgan fingerprint density at radius 2 is 1.70 bits per heavy atom. The van der Waals surface area contributed by atoms with E-state index in [9.17, 15) is 4.79 Å². The molecular weight excluding hydrogens is 570 g/mol. The van der Waals surface area contributed by atoms with Gasteiger partial charge in [0.15, 0.2) is 17.2 Å². The second-order valence-corrected chi connectivity index (χ2v) is 10.5. The van der Waals surface area contributed by atoms with Crippen LogP contribution in [0.3, 0.4) is 0 Å². The van der Waals surface area contributed by atoms with Crippen LogP contribution < -0.4 is 15.3 Å². The molecule has 6 aromatic rings. The van der Waals surface area contributed by atoms with Gasteiger partial charge in [-0.05, 0) is 55.8 Å². The van der Waals surface area contributed by atoms with Crippen LogP contribution in [0.1, 0.15) is 36.5 Å². The number of fused-ring (bicyclic) bond motifs is 6. The molecule has 8 nitrogen and oxygen atoms in total. The van der Waals surface area contributed by atoms with E-state index in [1.807, 2.05) is 42.5 Å². The van der Waals surface area contributed by atoms with E-state index in [1.54, 1.807) is 16.9 Å². The van der Waals surface area contributed by atoms with Crippen molar-refractivity contribution in [3.8, 4) is 23.0 Å². The number of para-hydroxylation sites is 1. The largest absolute Gasteiger partial charge is 0.437 e. The zero-order valence-electron chi connectivity index (χ0n) is 21.8. The third kappa shape index (κ3) is 3.88. The first-order chi connectivity index (χ1) is 19.6. The summed E-state index contributed by atoms with van der Waals surface area (Å²) in [4.78, 5) is 25.4. The maximum atomic E-state index is 13.6. The predicted octanol–water partition coefficient (Wildman–Crippen LogP) is 6.79. The van der Waals surface area contributed by atoms with E-state index >= 15 is 0 Å². The fourth-order valence-corrected chi connectivity index (χ4v) is 5.71. The molecular formula is C31H24BrN5O3. The standard InChI is InChI=1S/C31H24BrN5O3/c1-3-36(4-2)21-15-11-18(12-16-21)24-25-27(22-7-5-6-8-23(22)39-31(25)38)40-30-26(24)29-34-28(35-37(29)17-33-30)19-9-13-20(32)14-10-19/h5-17,24H,3-4H2,1-2H3. The predicted molar refractivity (Wildman–Crippen MR) is 157 cm³/mol. The molecule has 0 saturated heterocycles. The molecule has 0 saturated carbocycles. The highest BCUT2D eigenvalue weighted by Gasteiger charge is 2.37. The maximum absolute atomic E-state index is 13.6. The zero-order valence-corrected chi connectivity index (χ0v) is 23.4. The Labute approximate surface area is 238 Å². The van der Waals surface area contributed by atoms with Crippen LogP contribution in [0.15, 0.2) is 92.8 Å². The molecule has 9 heteroatoms. The van der Waals surface area contributed by atoms with Gasteiger partial charge in [0.1, 0.15) is 11.9 Å². The minimum atomic E-state index is -0.525. The molecule has 198 valence electrons. The summed E-state index contributed by atoms with van der Waals surface area (Å²) in [6.07, 6.45) is 1.60. The number of anilines is 1. The minimum absolute atomic E-state index is 0.392. The number of nitrogens with zero attached hydrogens (tertiary/aromatic N) is 5. The molecule has 1 aliphatic rings. The summed E-state index contributed by atoms with van der Waals surface area (Å²) in [6.45, 7) is 6.07. The minimum Gasteiger partial charge on any atom is -0.437 e. The first kappa shape index (κ1) is 24.5. The summed E-state index contributed by atoms with van der Waals surface area (Å²) in [7, 11) is 0. The second-order valence-electron chi connectivity index (χ2n) is 9.60. The molecule has 1 aliphatic heterocycles. The Morgan fingerprint density at radius 1 is 0.950 bits per heavy atom. The highest BCUT2D eigenvalue weighted by molar-refractivity contribution is 9.10. The molecule has 7 rings (SSSR count). The Balaban J connectivity index is 1.48. The van der Waals surface area contributed by atoms with E-state index in [0.717, 1.165) is 34.4 Å². The van der Waals surface area contributed by atoms with Gasteiger partial charge in [-0.15, -0.1) is 5.10 Å². The number of ether oxygens (including phenoxy) is 1. The smallest absolute Gasteiger partial charge is 0.344 e. The SMILES string of the molecule is CCN(CC)c1ccc(C2c3c(c4ccccc4oc3=O)Oc3ncn4nc(-c5ccc(Br)cc5)nc4c32)cc1. The lowest BCUT2D eigenvalue weighted by Gasteiger charge is -2.28. The molecule has 0 radical (unpaired) electrons. The number of benzene rings is 3. The van der Waals surface area contributed by atoms with Crippen LogP contribution in [0.2, 0.25) is 0 Å². The van der Waals surface area contributed by atoms with E-state index in [-0.39, 0.29) is 0 Å². The van der Waals surface area contributed by atoms with Crippen LogP contribution in [0.4, 0.5) is 5.69 Å². The highest BCUT2D eigenvalue weighted by Crippen LogP contribution is 2.49. The quantitative estimate of drug-likeness (QED) is 0.203. The van der Waals surface area contributed by atoms with Gasteiger partial charge in [0.25, 0.3) is 0 Å². The Morgan fingerprint density at radius 3 is 2.45 bits per heavy atom. The average Bonchev–Trinajstić information content (AvgIpc) is 3.42. The van der Waals surface area contributed by atoms with Crippen molar-refractivity contribution in [2.45, 2.75) is 19.8 Å². The normalized spacial score (nSPS) is 14.1. The van der Waals surface area contributed by atoms with Crippen molar-refractivity contribution >= 4 is 38.2 Å². The van der Waals surface area contributed by atoms with E-state index in [0.29, 0.717) is 45.2 Å². The summed E-state index contributed by atoms with van der Waals surface area (Å²) in [5.74, 6) is 0.878. The lowest BCUT2D eigenvalue weighted by atomic mass is 9.84. The van der Waals surface area contributed by atoms with Crippen LogP contribution in [-0.2, 0) is 0 Å². The molecule has 1 atom stereocenters. The highest BCUT2D eigenvalue weighted by atomic mass is 79.9. The van der Waals surface area contributed by atoms with Gasteiger partial charge in [-0.25, -0.2) is 19.3 Å². The van der Waals surface area contributed by atoms with Crippen molar-refractivity contribution in [3.63, 3.8) is 0 Å². The van der Waals surface area contributed by atoms with E-state index < -0.39 is 11.5 Å². The molecule has 1 unspecified atom stereocenters. The first-order valence-corrected chi connectivity index (χ1v) is 13.9. The van der Waals surface area contributed by atoms with Crippen LogP contribution in [0.25, 0.3) is 28.0 Å². The van der Waals surface area contributed by atoms with Gasteiger partial charge < -0.3 is 14.1 Å². The van der Waals surface area contributed by atoms with Crippen LogP contribution in [0, 0.1) is 0 Å². The number of hydrogen-bond acceptors (Lipinski definition) is 7. The molecule has 40 heavy (non-hydrogen) atoms. The lowest BCUT2D eigenvalue weighted by molar-refractivity contribution is 0.422. The fraction of sp³-hybridized carbons (Fsp3) is 0.161. The van der Waals surface area contributed by atoms with E-state index in [1.165, 1.54) is 0 Å². The van der Waals surface area contributed by atoms with E-state index in [2.05, 4.69) is 63.9 Å². The Kier molecular flexibility index (Phi) is 5.89. The molecule has 3 aromatic heterocycles. The van der Waals surface area contributed by atoms with Crippen LogP contribution >= 0.6 is 15.9 Å². The molecule has 4 heterocycles. The van der Waals surface area contributed by atoms with Gasteiger partial charge in [0, 0.05) is 28.8 Å². The van der Waals surface area contributed by atoms with Gasteiger partial charge in [-0.1, -0.05) is 52.3 Å². The Hall–Kier alpha value is -4.50. The third-order valence-corrected chi connectivity index (χ3v) is 7.95.